The predicted molar refractivity (Wildman–Crippen MR) is 166 cm³/mol. The molecule has 0 aliphatic rings. The molecule has 1 aromatic heterocycles. The van der Waals surface area contributed by atoms with Gasteiger partial charge in [-0.25, -0.2) is 9.55 Å². The third kappa shape index (κ3) is 18.2. The first-order valence-corrected chi connectivity index (χ1v) is 17.3. The van der Waals surface area contributed by atoms with Gasteiger partial charge in [0.1, 0.15) is 12.4 Å². The summed E-state index contributed by atoms with van der Waals surface area (Å²) in [7, 11) is 0. The molecule has 1 aromatic rings. The minimum atomic E-state index is 0.622. The molecule has 0 amide bonds. The molecule has 1 heterocycles. The van der Waals surface area contributed by atoms with E-state index in [0.717, 1.165) is 0 Å². The van der Waals surface area contributed by atoms with Crippen LogP contribution in [0.15, 0.2) is 12.4 Å². The van der Waals surface area contributed by atoms with Crippen molar-refractivity contribution in [3.05, 3.63) is 18.2 Å². The first-order chi connectivity index (χ1) is 18.2. The molecule has 0 saturated heterocycles. The molecule has 1 rings (SSSR count). The number of aromatic amines is 1. The normalized spacial score (nSPS) is 13.3. The molecule has 0 aliphatic carbocycles. The van der Waals surface area contributed by atoms with Gasteiger partial charge in [-0.05, 0) is 32.6 Å². The Bertz CT molecular complexity index is 578. The van der Waals surface area contributed by atoms with Crippen LogP contribution < -0.4 is 4.57 Å². The molecule has 0 radical (unpaired) electrons. The van der Waals surface area contributed by atoms with Gasteiger partial charge in [-0.15, -0.1) is 0 Å². The van der Waals surface area contributed by atoms with E-state index in [4.69, 9.17) is 0 Å². The Balaban J connectivity index is 2.49. The van der Waals surface area contributed by atoms with Gasteiger partial charge >= 0.3 is 0 Å². The lowest BCUT2D eigenvalue weighted by Crippen LogP contribution is -2.41. The predicted octanol–water partition coefficient (Wildman–Crippen LogP) is 12.1. The fraction of sp³-hybridized carbons (Fsp3) is 0.914. The highest BCUT2D eigenvalue weighted by atomic mass is 15.1. The molecule has 2 unspecified atom stereocenters. The Morgan fingerprint density at radius 3 is 1.27 bits per heavy atom. The van der Waals surface area contributed by atoms with Gasteiger partial charge < -0.3 is 0 Å². The van der Waals surface area contributed by atoms with Crippen molar-refractivity contribution in [3.8, 4) is 0 Å². The minimum Gasteiger partial charge on any atom is -0.247 e. The molecule has 37 heavy (non-hydrogen) atoms. The van der Waals surface area contributed by atoms with Crippen LogP contribution in [0, 0.1) is 0 Å². The van der Waals surface area contributed by atoms with E-state index in [2.05, 4.69) is 49.6 Å². The first-order valence-electron chi connectivity index (χ1n) is 17.3. The zero-order chi connectivity index (χ0) is 26.8. The van der Waals surface area contributed by atoms with Crippen molar-refractivity contribution in [2.24, 2.45) is 0 Å². The van der Waals surface area contributed by atoms with E-state index in [1.165, 1.54) is 173 Å². The van der Waals surface area contributed by atoms with E-state index in [1.54, 1.807) is 0 Å². The fourth-order valence-electron chi connectivity index (χ4n) is 6.07. The van der Waals surface area contributed by atoms with Crippen molar-refractivity contribution in [2.45, 2.75) is 207 Å². The van der Waals surface area contributed by atoms with Crippen LogP contribution >= 0.6 is 0 Å². The van der Waals surface area contributed by atoms with Crippen molar-refractivity contribution >= 4 is 0 Å². The molecule has 0 saturated carbocycles. The van der Waals surface area contributed by atoms with Crippen LogP contribution in [0.3, 0.4) is 0 Å². The monoisotopic (exact) mass is 518 g/mol. The second kappa shape index (κ2) is 25.5. The van der Waals surface area contributed by atoms with E-state index in [9.17, 15) is 0 Å². The summed E-state index contributed by atoms with van der Waals surface area (Å²) in [5.74, 6) is 2.24. The van der Waals surface area contributed by atoms with Crippen molar-refractivity contribution in [3.63, 3.8) is 0 Å². The first kappa shape index (κ1) is 34.2. The summed E-state index contributed by atoms with van der Waals surface area (Å²) in [6, 6.07) is 0.622. The molecule has 2 atom stereocenters. The van der Waals surface area contributed by atoms with Gasteiger partial charge in [0.15, 0.2) is 0 Å². The molecule has 0 aromatic carbocycles. The Hall–Kier alpha value is -0.790. The van der Waals surface area contributed by atoms with E-state index in [0.29, 0.717) is 12.0 Å². The van der Waals surface area contributed by atoms with Gasteiger partial charge in [0, 0.05) is 0 Å². The molecule has 0 aliphatic heterocycles. The lowest BCUT2D eigenvalue weighted by molar-refractivity contribution is -0.727. The number of nitrogens with zero attached hydrogens (tertiary/aromatic N) is 1. The number of rotatable bonds is 28. The second-order valence-corrected chi connectivity index (χ2v) is 12.2. The van der Waals surface area contributed by atoms with Gasteiger partial charge in [0.05, 0.1) is 12.0 Å². The van der Waals surface area contributed by atoms with Crippen LogP contribution in [-0.2, 0) is 0 Å². The third-order valence-corrected chi connectivity index (χ3v) is 8.64. The smallest absolute Gasteiger partial charge is 0.247 e. The average molecular weight is 518 g/mol. The highest BCUT2D eigenvalue weighted by Crippen LogP contribution is 2.27. The number of unbranched alkanes of at least 4 members (excludes halogenated alkanes) is 20. The lowest BCUT2D eigenvalue weighted by Gasteiger charge is -2.17. The van der Waals surface area contributed by atoms with Crippen LogP contribution in [0.5, 0.6) is 0 Å². The quantitative estimate of drug-likeness (QED) is 0.0842. The van der Waals surface area contributed by atoms with Crippen molar-refractivity contribution in [2.75, 3.05) is 0 Å². The van der Waals surface area contributed by atoms with Crippen molar-refractivity contribution < 1.29 is 4.57 Å². The van der Waals surface area contributed by atoms with Gasteiger partial charge in [0.25, 0.3) is 5.82 Å². The molecule has 1 N–H and O–H groups in total. The molecule has 0 fully saturated rings. The maximum absolute atomic E-state index is 3.72. The highest BCUT2D eigenvalue weighted by molar-refractivity contribution is 4.90. The molecular formula is C35H69N2+. The van der Waals surface area contributed by atoms with Crippen LogP contribution in [0.1, 0.15) is 212 Å². The molecule has 0 bridgehead atoms. The van der Waals surface area contributed by atoms with E-state index in [1.807, 2.05) is 0 Å². The number of nitrogens with one attached hydrogen (secondary N) is 1. The number of hydrogen-bond acceptors (Lipinski definition) is 0. The SMILES string of the molecule is CCCCCCCCCCCC(CCCCCCCCCC)c1[nH]cc[n+]1C(C)CCCCCCCC. The van der Waals surface area contributed by atoms with Crippen LogP contribution in [0.4, 0.5) is 0 Å². The average Bonchev–Trinajstić information content (AvgIpc) is 3.40. The zero-order valence-corrected chi connectivity index (χ0v) is 26.1. The number of imidazole rings is 1. The maximum Gasteiger partial charge on any atom is 0.257 e. The van der Waals surface area contributed by atoms with Gasteiger partial charge in [0.2, 0.25) is 0 Å². The van der Waals surface area contributed by atoms with Gasteiger partial charge in [-0.1, -0.05) is 162 Å². The summed E-state index contributed by atoms with van der Waals surface area (Å²) in [5.41, 5.74) is 0. The van der Waals surface area contributed by atoms with Crippen LogP contribution in [-0.4, -0.2) is 4.98 Å². The van der Waals surface area contributed by atoms with Gasteiger partial charge in [-0.3, -0.25) is 0 Å². The topological polar surface area (TPSA) is 19.7 Å². The van der Waals surface area contributed by atoms with Crippen LogP contribution in [0.2, 0.25) is 0 Å². The Kier molecular flexibility index (Phi) is 23.6. The number of H-pyrrole nitrogens is 1. The molecule has 218 valence electrons. The number of aromatic nitrogens is 2. The van der Waals surface area contributed by atoms with E-state index >= 15 is 0 Å². The third-order valence-electron chi connectivity index (χ3n) is 8.64. The van der Waals surface area contributed by atoms with Crippen molar-refractivity contribution in [1.82, 2.24) is 4.98 Å². The lowest BCUT2D eigenvalue weighted by atomic mass is 9.92. The maximum atomic E-state index is 3.72. The molecule has 2 heteroatoms. The van der Waals surface area contributed by atoms with Crippen molar-refractivity contribution in [1.29, 1.82) is 0 Å². The Labute approximate surface area is 234 Å². The Morgan fingerprint density at radius 2 is 0.865 bits per heavy atom. The molecular weight excluding hydrogens is 448 g/mol. The summed E-state index contributed by atoms with van der Waals surface area (Å²) in [5, 5.41) is 0. The Morgan fingerprint density at radius 1 is 0.514 bits per heavy atom. The zero-order valence-electron chi connectivity index (χ0n) is 26.1. The summed E-state index contributed by atoms with van der Waals surface area (Å²) >= 11 is 0. The summed E-state index contributed by atoms with van der Waals surface area (Å²) < 4.78 is 2.62. The van der Waals surface area contributed by atoms with Crippen LogP contribution in [0.25, 0.3) is 0 Å². The minimum absolute atomic E-state index is 0.622. The fourth-order valence-corrected chi connectivity index (χ4v) is 6.07. The highest BCUT2D eigenvalue weighted by Gasteiger charge is 2.25. The summed E-state index contributed by atoms with van der Waals surface area (Å²) in [4.78, 5) is 3.72. The van der Waals surface area contributed by atoms with E-state index in [-0.39, 0.29) is 0 Å². The largest absolute Gasteiger partial charge is 0.257 e. The van der Waals surface area contributed by atoms with E-state index < -0.39 is 0 Å². The molecule has 2 nitrogen and oxygen atoms in total. The standard InChI is InChI=1S/C35H68N2/c1-5-8-11-14-17-19-21-24-27-30-34(29-26-23-20-18-15-12-9-6-2)35-36-31-32-37(35)33(4)28-25-22-16-13-10-7-3/h31-34H,5-30H2,1-4H3/p+1. The molecule has 0 spiro atoms. The summed E-state index contributed by atoms with van der Waals surface area (Å²) in [6.45, 7) is 9.39. The number of hydrogen-bond donors (Lipinski definition) is 1. The van der Waals surface area contributed by atoms with Gasteiger partial charge in [-0.2, -0.15) is 0 Å². The summed E-state index contributed by atoms with van der Waals surface area (Å²) in [6.07, 6.45) is 41.2. The second-order valence-electron chi connectivity index (χ2n) is 12.2.